The van der Waals surface area contributed by atoms with Crippen LogP contribution in [0.1, 0.15) is 20.3 Å². The quantitative estimate of drug-likeness (QED) is 0.616. The fourth-order valence-corrected chi connectivity index (χ4v) is 1.74. The van der Waals surface area contributed by atoms with Crippen molar-refractivity contribution in [2.75, 3.05) is 13.1 Å². The molecule has 0 spiro atoms. The minimum Gasteiger partial charge on any atom is -0.316 e. The fraction of sp³-hybridized carbons (Fsp3) is 0.889. The van der Waals surface area contributed by atoms with E-state index in [0.717, 1.165) is 19.5 Å². The van der Waals surface area contributed by atoms with E-state index in [1.807, 2.05) is 0 Å². The molecule has 1 aliphatic heterocycles. The molecule has 0 aromatic carbocycles. The van der Waals surface area contributed by atoms with Gasteiger partial charge < -0.3 is 5.32 Å². The second kappa shape index (κ2) is 3.73. The third kappa shape index (κ3) is 1.94. The summed E-state index contributed by atoms with van der Waals surface area (Å²) >= 11 is 0. The summed E-state index contributed by atoms with van der Waals surface area (Å²) in [5.41, 5.74) is 0. The molecule has 11 heavy (non-hydrogen) atoms. The monoisotopic (exact) mass is 152 g/mol. The number of rotatable bonds is 1. The maximum atomic E-state index is 8.83. The summed E-state index contributed by atoms with van der Waals surface area (Å²) in [7, 11) is 0. The third-order valence-corrected chi connectivity index (χ3v) is 2.55. The van der Waals surface area contributed by atoms with Crippen LogP contribution in [0.25, 0.3) is 0 Å². The van der Waals surface area contributed by atoms with Crippen LogP contribution < -0.4 is 5.32 Å². The van der Waals surface area contributed by atoms with Crippen LogP contribution in [0.5, 0.6) is 0 Å². The number of piperidine rings is 1. The van der Waals surface area contributed by atoms with Crippen molar-refractivity contribution >= 4 is 0 Å². The highest BCUT2D eigenvalue weighted by atomic mass is 14.9. The standard InChI is InChI=1S/C9H16N2/c1-7(2)9-6-11-4-3-8(9)5-10/h7-9,11H,3-4,6H2,1-2H3. The molecule has 1 rings (SSSR count). The molecular formula is C9H16N2. The molecule has 0 amide bonds. The zero-order valence-corrected chi connectivity index (χ0v) is 7.30. The summed E-state index contributed by atoms with van der Waals surface area (Å²) in [6.07, 6.45) is 1.03. The number of nitrogens with zero attached hydrogens (tertiary/aromatic N) is 1. The topological polar surface area (TPSA) is 35.8 Å². The van der Waals surface area contributed by atoms with E-state index < -0.39 is 0 Å². The lowest BCUT2D eigenvalue weighted by Gasteiger charge is -2.30. The number of hydrogen-bond donors (Lipinski definition) is 1. The van der Waals surface area contributed by atoms with Gasteiger partial charge in [-0.3, -0.25) is 0 Å². The van der Waals surface area contributed by atoms with Crippen molar-refractivity contribution in [1.29, 1.82) is 5.26 Å². The van der Waals surface area contributed by atoms with Crippen LogP contribution in [-0.2, 0) is 0 Å². The van der Waals surface area contributed by atoms with Gasteiger partial charge in [-0.15, -0.1) is 0 Å². The van der Waals surface area contributed by atoms with Crippen LogP contribution in [0, 0.1) is 29.1 Å². The lowest BCUT2D eigenvalue weighted by molar-refractivity contribution is 0.240. The average Bonchev–Trinajstić information content (AvgIpc) is 2.04. The molecule has 1 aliphatic rings. The third-order valence-electron chi connectivity index (χ3n) is 2.55. The first-order valence-electron chi connectivity index (χ1n) is 4.36. The second-order valence-electron chi connectivity index (χ2n) is 3.64. The van der Waals surface area contributed by atoms with Gasteiger partial charge in [-0.05, 0) is 31.3 Å². The first-order chi connectivity index (χ1) is 5.25. The van der Waals surface area contributed by atoms with Gasteiger partial charge >= 0.3 is 0 Å². The summed E-state index contributed by atoms with van der Waals surface area (Å²) < 4.78 is 0. The van der Waals surface area contributed by atoms with Crippen molar-refractivity contribution in [1.82, 2.24) is 5.32 Å². The lowest BCUT2D eigenvalue weighted by Crippen LogP contribution is -2.38. The van der Waals surface area contributed by atoms with Crippen molar-refractivity contribution in [3.63, 3.8) is 0 Å². The Hall–Kier alpha value is -0.550. The molecular weight excluding hydrogens is 136 g/mol. The van der Waals surface area contributed by atoms with Crippen LogP contribution in [0.2, 0.25) is 0 Å². The molecule has 1 saturated heterocycles. The fourth-order valence-electron chi connectivity index (χ4n) is 1.74. The van der Waals surface area contributed by atoms with E-state index in [2.05, 4.69) is 25.2 Å². The van der Waals surface area contributed by atoms with E-state index >= 15 is 0 Å². The second-order valence-corrected chi connectivity index (χ2v) is 3.64. The van der Waals surface area contributed by atoms with Gasteiger partial charge in [0.25, 0.3) is 0 Å². The minimum absolute atomic E-state index is 0.288. The molecule has 1 N–H and O–H groups in total. The molecule has 2 unspecified atom stereocenters. The molecule has 0 aromatic heterocycles. The van der Waals surface area contributed by atoms with Crippen molar-refractivity contribution in [2.24, 2.45) is 17.8 Å². The summed E-state index contributed by atoms with van der Waals surface area (Å²) in [4.78, 5) is 0. The Morgan fingerprint density at radius 1 is 1.55 bits per heavy atom. The highest BCUT2D eigenvalue weighted by molar-refractivity contribution is 4.93. The molecule has 0 bridgehead atoms. The van der Waals surface area contributed by atoms with Crippen LogP contribution in [-0.4, -0.2) is 13.1 Å². The molecule has 0 saturated carbocycles. The normalized spacial score (nSPS) is 31.8. The summed E-state index contributed by atoms with van der Waals surface area (Å²) in [5.74, 6) is 1.48. The van der Waals surface area contributed by atoms with Crippen LogP contribution in [0.3, 0.4) is 0 Å². The number of nitrogens with one attached hydrogen (secondary N) is 1. The van der Waals surface area contributed by atoms with Gasteiger partial charge in [0, 0.05) is 0 Å². The Labute approximate surface area is 68.6 Å². The van der Waals surface area contributed by atoms with Gasteiger partial charge in [-0.1, -0.05) is 13.8 Å². The molecule has 0 radical (unpaired) electrons. The van der Waals surface area contributed by atoms with Gasteiger partial charge in [0.15, 0.2) is 0 Å². The van der Waals surface area contributed by atoms with E-state index in [-0.39, 0.29) is 5.92 Å². The zero-order valence-electron chi connectivity index (χ0n) is 7.30. The lowest BCUT2D eigenvalue weighted by atomic mass is 9.80. The molecule has 1 fully saturated rings. The van der Waals surface area contributed by atoms with Gasteiger partial charge in [-0.25, -0.2) is 0 Å². The van der Waals surface area contributed by atoms with Crippen molar-refractivity contribution < 1.29 is 0 Å². The van der Waals surface area contributed by atoms with Crippen LogP contribution in [0.15, 0.2) is 0 Å². The highest BCUT2D eigenvalue weighted by Gasteiger charge is 2.26. The Balaban J connectivity index is 2.53. The van der Waals surface area contributed by atoms with Crippen LogP contribution in [0.4, 0.5) is 0 Å². The van der Waals surface area contributed by atoms with E-state index in [4.69, 9.17) is 5.26 Å². The summed E-state index contributed by atoms with van der Waals surface area (Å²) in [6.45, 7) is 6.43. The van der Waals surface area contributed by atoms with E-state index in [9.17, 15) is 0 Å². The molecule has 2 nitrogen and oxygen atoms in total. The first-order valence-corrected chi connectivity index (χ1v) is 4.36. The Morgan fingerprint density at radius 3 is 2.73 bits per heavy atom. The molecule has 1 heterocycles. The molecule has 0 aliphatic carbocycles. The Kier molecular flexibility index (Phi) is 2.90. The summed E-state index contributed by atoms with van der Waals surface area (Å²) in [6, 6.07) is 2.40. The predicted molar refractivity (Wildman–Crippen MR) is 44.9 cm³/mol. The van der Waals surface area contributed by atoms with E-state index in [0.29, 0.717) is 11.8 Å². The maximum Gasteiger partial charge on any atom is 0.0659 e. The molecule has 0 aromatic rings. The number of hydrogen-bond acceptors (Lipinski definition) is 2. The van der Waals surface area contributed by atoms with Crippen LogP contribution >= 0.6 is 0 Å². The predicted octanol–water partition coefficient (Wildman–Crippen LogP) is 1.39. The van der Waals surface area contributed by atoms with Crippen molar-refractivity contribution in [3.8, 4) is 6.07 Å². The SMILES string of the molecule is CC(C)C1CNCCC1C#N. The van der Waals surface area contributed by atoms with Crippen molar-refractivity contribution in [2.45, 2.75) is 20.3 Å². The Morgan fingerprint density at radius 2 is 2.27 bits per heavy atom. The van der Waals surface area contributed by atoms with Gasteiger partial charge in [0.1, 0.15) is 0 Å². The molecule has 2 atom stereocenters. The van der Waals surface area contributed by atoms with Gasteiger partial charge in [0.2, 0.25) is 0 Å². The summed E-state index contributed by atoms with van der Waals surface area (Å²) in [5, 5.41) is 12.2. The smallest absolute Gasteiger partial charge is 0.0659 e. The van der Waals surface area contributed by atoms with Gasteiger partial charge in [-0.2, -0.15) is 5.26 Å². The molecule has 62 valence electrons. The number of nitriles is 1. The molecule has 2 heteroatoms. The highest BCUT2D eigenvalue weighted by Crippen LogP contribution is 2.24. The largest absolute Gasteiger partial charge is 0.316 e. The van der Waals surface area contributed by atoms with Gasteiger partial charge in [0.05, 0.1) is 12.0 Å². The average molecular weight is 152 g/mol. The maximum absolute atomic E-state index is 8.83. The minimum atomic E-state index is 0.288. The van der Waals surface area contributed by atoms with Crippen molar-refractivity contribution in [3.05, 3.63) is 0 Å². The Bertz CT molecular complexity index is 157. The zero-order chi connectivity index (χ0) is 8.27. The first kappa shape index (κ1) is 8.55. The van der Waals surface area contributed by atoms with E-state index in [1.54, 1.807) is 0 Å². The van der Waals surface area contributed by atoms with E-state index in [1.165, 1.54) is 0 Å².